The molecule has 0 spiro atoms. The zero-order valence-corrected chi connectivity index (χ0v) is 19.5. The monoisotopic (exact) mass is 503 g/mol. The maximum absolute atomic E-state index is 14.5. The fourth-order valence-corrected chi connectivity index (χ4v) is 4.87. The van der Waals surface area contributed by atoms with Crippen molar-refractivity contribution >= 4 is 50.6 Å². The number of rotatable bonds is 7. The van der Waals surface area contributed by atoms with Gasteiger partial charge < -0.3 is 15.5 Å². The summed E-state index contributed by atoms with van der Waals surface area (Å²) in [5, 5.41) is 7.95. The molecule has 0 radical (unpaired) electrons. The van der Waals surface area contributed by atoms with Crippen molar-refractivity contribution in [2.75, 3.05) is 28.6 Å². The van der Waals surface area contributed by atoms with E-state index >= 15 is 0 Å². The molecule has 4 rings (SSSR count). The first kappa shape index (κ1) is 21.7. The lowest BCUT2D eigenvalue weighted by atomic mass is 10.2. The molecule has 3 aromatic rings. The summed E-state index contributed by atoms with van der Waals surface area (Å²) >= 11 is 4.94. The second kappa shape index (κ2) is 9.74. The van der Waals surface area contributed by atoms with Gasteiger partial charge in [0, 0.05) is 40.1 Å². The number of carbonyl (C=O) groups is 1. The minimum absolute atomic E-state index is 0.0619. The van der Waals surface area contributed by atoms with E-state index < -0.39 is 5.82 Å². The summed E-state index contributed by atoms with van der Waals surface area (Å²) in [6.45, 7) is 3.89. The lowest BCUT2D eigenvalue weighted by molar-refractivity contribution is -0.115. The molecule has 0 aliphatic carbocycles. The number of nitrogens with one attached hydrogen (secondary N) is 2. The van der Waals surface area contributed by atoms with E-state index in [0.29, 0.717) is 24.6 Å². The van der Waals surface area contributed by atoms with Gasteiger partial charge in [-0.3, -0.25) is 4.79 Å². The van der Waals surface area contributed by atoms with Crippen LogP contribution in [0.1, 0.15) is 29.0 Å². The van der Waals surface area contributed by atoms with Gasteiger partial charge in [0.1, 0.15) is 0 Å². The van der Waals surface area contributed by atoms with Gasteiger partial charge in [0.05, 0.1) is 12.1 Å². The molecule has 2 aromatic heterocycles. The van der Waals surface area contributed by atoms with Crippen LogP contribution in [0.5, 0.6) is 0 Å². The average Bonchev–Trinajstić information content (AvgIpc) is 3.42. The largest absolute Gasteiger partial charge is 0.363 e. The number of nitrogens with zero attached hydrogens (tertiary/aromatic N) is 3. The molecule has 3 heterocycles. The van der Waals surface area contributed by atoms with Crippen LogP contribution >= 0.6 is 27.3 Å². The third kappa shape index (κ3) is 5.59. The lowest BCUT2D eigenvalue weighted by Gasteiger charge is -2.17. The summed E-state index contributed by atoms with van der Waals surface area (Å²) < 4.78 is 15.5. The topological polar surface area (TPSA) is 70.2 Å². The summed E-state index contributed by atoms with van der Waals surface area (Å²) in [6.07, 6.45) is 2.55. The first-order valence-electron chi connectivity index (χ1n) is 10.1. The van der Waals surface area contributed by atoms with Crippen molar-refractivity contribution in [3.8, 4) is 0 Å². The lowest BCUT2D eigenvalue weighted by Crippen LogP contribution is -2.22. The zero-order valence-electron chi connectivity index (χ0n) is 17.1. The van der Waals surface area contributed by atoms with Crippen molar-refractivity contribution in [3.63, 3.8) is 0 Å². The minimum Gasteiger partial charge on any atom is -0.363 e. The van der Waals surface area contributed by atoms with Gasteiger partial charge in [-0.25, -0.2) is 9.37 Å². The molecule has 1 amide bonds. The average molecular weight is 504 g/mol. The molecule has 0 unspecified atom stereocenters. The highest BCUT2D eigenvalue weighted by Crippen LogP contribution is 2.23. The Labute approximate surface area is 193 Å². The van der Waals surface area contributed by atoms with E-state index in [9.17, 15) is 9.18 Å². The van der Waals surface area contributed by atoms with Crippen LogP contribution in [-0.2, 0) is 17.8 Å². The molecular weight excluding hydrogens is 481 g/mol. The fraction of sp³-hybridized carbons (Fsp3) is 0.318. The molecular formula is C22H23BrFN5OS. The second-order valence-electron chi connectivity index (χ2n) is 7.47. The number of carbonyl (C=O) groups excluding carboxylic acids is 1. The van der Waals surface area contributed by atoms with E-state index in [1.54, 1.807) is 18.3 Å². The quantitative estimate of drug-likeness (QED) is 0.466. The number of hydrogen-bond acceptors (Lipinski definition) is 6. The van der Waals surface area contributed by atoms with Gasteiger partial charge in [0.2, 0.25) is 11.9 Å². The Bertz CT molecular complexity index is 1070. The predicted molar refractivity (Wildman–Crippen MR) is 126 cm³/mol. The summed E-state index contributed by atoms with van der Waals surface area (Å²) in [7, 11) is 0. The third-order valence-electron chi connectivity index (χ3n) is 5.05. The normalized spacial score (nSPS) is 13.5. The molecule has 0 saturated carbocycles. The zero-order chi connectivity index (χ0) is 21.8. The van der Waals surface area contributed by atoms with E-state index in [1.165, 1.54) is 0 Å². The standard InChI is InChI=1S/C22H23BrFN5OS/c1-14-20(24)21(28-22(26-14)29-8-2-3-9-29)25-12-15-4-6-17(7-5-15)27-19(30)11-18-10-16(23)13-31-18/h4-7,10,13H,2-3,8-9,11-12H2,1H3,(H,27,30)(H,25,26,28). The number of amides is 1. The smallest absolute Gasteiger partial charge is 0.229 e. The third-order valence-corrected chi connectivity index (χ3v) is 6.75. The van der Waals surface area contributed by atoms with Crippen LogP contribution in [0.2, 0.25) is 0 Å². The van der Waals surface area contributed by atoms with Gasteiger partial charge in [0.15, 0.2) is 11.6 Å². The Kier molecular flexibility index (Phi) is 6.82. The molecule has 162 valence electrons. The molecule has 0 atom stereocenters. The van der Waals surface area contributed by atoms with E-state index in [4.69, 9.17) is 0 Å². The number of aromatic nitrogens is 2. The van der Waals surface area contributed by atoms with Crippen LogP contribution in [0.25, 0.3) is 0 Å². The van der Waals surface area contributed by atoms with E-state index in [2.05, 4.69) is 41.4 Å². The summed E-state index contributed by atoms with van der Waals surface area (Å²) in [6, 6.07) is 9.44. The van der Waals surface area contributed by atoms with Crippen LogP contribution in [0, 0.1) is 12.7 Å². The van der Waals surface area contributed by atoms with Crippen molar-refractivity contribution in [3.05, 3.63) is 62.1 Å². The van der Waals surface area contributed by atoms with Gasteiger partial charge in [-0.15, -0.1) is 11.3 Å². The van der Waals surface area contributed by atoms with Crippen LogP contribution in [0.15, 0.2) is 40.2 Å². The number of aryl methyl sites for hydroxylation is 1. The van der Waals surface area contributed by atoms with Crippen LogP contribution in [-0.4, -0.2) is 29.0 Å². The number of hydrogen-bond donors (Lipinski definition) is 2. The van der Waals surface area contributed by atoms with Crippen molar-refractivity contribution in [2.24, 2.45) is 0 Å². The Hall–Kier alpha value is -2.52. The fourth-order valence-electron chi connectivity index (χ4n) is 3.42. The molecule has 2 N–H and O–H groups in total. The molecule has 0 bridgehead atoms. The number of benzene rings is 1. The van der Waals surface area contributed by atoms with Gasteiger partial charge in [-0.1, -0.05) is 12.1 Å². The summed E-state index contributed by atoms with van der Waals surface area (Å²) in [5.41, 5.74) is 2.03. The van der Waals surface area contributed by atoms with Crippen molar-refractivity contribution in [1.82, 2.24) is 9.97 Å². The highest BCUT2D eigenvalue weighted by Gasteiger charge is 2.19. The molecule has 6 nitrogen and oxygen atoms in total. The number of halogens is 2. The van der Waals surface area contributed by atoms with Crippen LogP contribution in [0.4, 0.5) is 21.8 Å². The van der Waals surface area contributed by atoms with E-state index in [0.717, 1.165) is 46.5 Å². The SMILES string of the molecule is Cc1nc(N2CCCC2)nc(NCc2ccc(NC(=O)Cc3cc(Br)cs3)cc2)c1F. The van der Waals surface area contributed by atoms with Crippen molar-refractivity contribution in [2.45, 2.75) is 32.7 Å². The Morgan fingerprint density at radius 2 is 1.97 bits per heavy atom. The maximum atomic E-state index is 14.5. The Morgan fingerprint density at radius 1 is 1.23 bits per heavy atom. The van der Waals surface area contributed by atoms with Gasteiger partial charge in [-0.05, 0) is 59.5 Å². The molecule has 9 heteroatoms. The highest BCUT2D eigenvalue weighted by molar-refractivity contribution is 9.10. The Morgan fingerprint density at radius 3 is 2.65 bits per heavy atom. The molecule has 1 saturated heterocycles. The van der Waals surface area contributed by atoms with Crippen LogP contribution in [0.3, 0.4) is 0 Å². The number of anilines is 3. The van der Waals surface area contributed by atoms with E-state index in [-0.39, 0.29) is 11.7 Å². The van der Waals surface area contributed by atoms with Crippen LogP contribution < -0.4 is 15.5 Å². The second-order valence-corrected chi connectivity index (χ2v) is 9.38. The van der Waals surface area contributed by atoms with Gasteiger partial charge >= 0.3 is 0 Å². The Balaban J connectivity index is 1.35. The van der Waals surface area contributed by atoms with Gasteiger partial charge in [0.25, 0.3) is 0 Å². The summed E-state index contributed by atoms with van der Waals surface area (Å²) in [4.78, 5) is 24.0. The molecule has 1 aromatic carbocycles. The van der Waals surface area contributed by atoms with Crippen molar-refractivity contribution < 1.29 is 9.18 Å². The molecule has 1 aliphatic rings. The molecule has 1 aliphatic heterocycles. The van der Waals surface area contributed by atoms with Crippen molar-refractivity contribution in [1.29, 1.82) is 0 Å². The highest BCUT2D eigenvalue weighted by atomic mass is 79.9. The minimum atomic E-state index is -0.424. The van der Waals surface area contributed by atoms with Gasteiger partial charge in [-0.2, -0.15) is 4.98 Å². The predicted octanol–water partition coefficient (Wildman–Crippen LogP) is 5.14. The maximum Gasteiger partial charge on any atom is 0.229 e. The summed E-state index contributed by atoms with van der Waals surface area (Å²) in [5.74, 6) is 0.309. The number of thiophene rings is 1. The van der Waals surface area contributed by atoms with E-state index in [1.807, 2.05) is 35.7 Å². The molecule has 1 fully saturated rings. The first-order valence-corrected chi connectivity index (χ1v) is 11.8. The first-order chi connectivity index (χ1) is 15.0. The molecule has 31 heavy (non-hydrogen) atoms.